The lowest BCUT2D eigenvalue weighted by Crippen LogP contribution is -2.40. The molecule has 1 aromatic carbocycles. The SMILES string of the molecule is CCOc1ccc(CN(C)C(=NC)NCCCN(C)CC(F)(F)F)cc1. The van der Waals surface area contributed by atoms with E-state index in [4.69, 9.17) is 4.74 Å². The number of nitrogens with one attached hydrogen (secondary N) is 1. The molecule has 0 aliphatic rings. The predicted octanol–water partition coefficient (Wildman–Crippen LogP) is 2.98. The topological polar surface area (TPSA) is 40.1 Å². The molecule has 0 amide bonds. The van der Waals surface area contributed by atoms with Crippen LogP contribution in [0.5, 0.6) is 5.75 Å². The number of alkyl halides is 3. The van der Waals surface area contributed by atoms with Gasteiger partial charge in [0.15, 0.2) is 5.96 Å². The van der Waals surface area contributed by atoms with Crippen molar-refractivity contribution in [2.75, 3.05) is 47.4 Å². The van der Waals surface area contributed by atoms with Gasteiger partial charge in [-0.15, -0.1) is 0 Å². The highest BCUT2D eigenvalue weighted by atomic mass is 19.4. The average Bonchev–Trinajstić information content (AvgIpc) is 2.55. The van der Waals surface area contributed by atoms with Crippen LogP contribution in [0.2, 0.25) is 0 Å². The van der Waals surface area contributed by atoms with Crippen LogP contribution < -0.4 is 10.1 Å². The summed E-state index contributed by atoms with van der Waals surface area (Å²) < 4.78 is 42.3. The van der Waals surface area contributed by atoms with Crippen LogP contribution >= 0.6 is 0 Å². The lowest BCUT2D eigenvalue weighted by Gasteiger charge is -2.23. The number of rotatable bonds is 9. The number of hydrogen-bond donors (Lipinski definition) is 1. The number of aliphatic imine (C=N–C) groups is 1. The minimum Gasteiger partial charge on any atom is -0.494 e. The van der Waals surface area contributed by atoms with Crippen LogP contribution in [0.4, 0.5) is 13.2 Å². The summed E-state index contributed by atoms with van der Waals surface area (Å²) in [7, 11) is 5.08. The van der Waals surface area contributed by atoms with E-state index in [9.17, 15) is 13.2 Å². The Kier molecular flexibility index (Phi) is 9.26. The number of nitrogens with zero attached hydrogens (tertiary/aromatic N) is 3. The van der Waals surface area contributed by atoms with Gasteiger partial charge < -0.3 is 15.0 Å². The number of hydrogen-bond acceptors (Lipinski definition) is 3. The van der Waals surface area contributed by atoms with Gasteiger partial charge in [-0.1, -0.05) is 12.1 Å². The summed E-state index contributed by atoms with van der Waals surface area (Å²) in [6, 6.07) is 7.86. The number of benzene rings is 1. The highest BCUT2D eigenvalue weighted by Crippen LogP contribution is 2.15. The van der Waals surface area contributed by atoms with E-state index in [2.05, 4.69) is 10.3 Å². The van der Waals surface area contributed by atoms with E-state index >= 15 is 0 Å². The summed E-state index contributed by atoms with van der Waals surface area (Å²) in [4.78, 5) is 7.46. The molecule has 0 fully saturated rings. The Morgan fingerprint density at radius 2 is 1.85 bits per heavy atom. The minimum absolute atomic E-state index is 0.367. The summed E-state index contributed by atoms with van der Waals surface area (Å²) >= 11 is 0. The quantitative estimate of drug-likeness (QED) is 0.410. The van der Waals surface area contributed by atoms with Crippen molar-refractivity contribution >= 4 is 5.96 Å². The van der Waals surface area contributed by atoms with Crippen molar-refractivity contribution in [1.29, 1.82) is 0 Å². The zero-order valence-electron chi connectivity index (χ0n) is 15.9. The maximum absolute atomic E-state index is 12.3. The Morgan fingerprint density at radius 3 is 2.38 bits per heavy atom. The van der Waals surface area contributed by atoms with Crippen molar-refractivity contribution in [2.24, 2.45) is 4.99 Å². The molecule has 0 aliphatic carbocycles. The second-order valence-electron chi connectivity index (χ2n) is 6.11. The molecule has 0 heterocycles. The summed E-state index contributed by atoms with van der Waals surface area (Å²) in [5.41, 5.74) is 1.11. The highest BCUT2D eigenvalue weighted by Gasteiger charge is 2.28. The monoisotopic (exact) mass is 374 g/mol. The van der Waals surface area contributed by atoms with Gasteiger partial charge in [0.2, 0.25) is 0 Å². The Labute approximate surface area is 153 Å². The van der Waals surface area contributed by atoms with Crippen molar-refractivity contribution in [3.63, 3.8) is 0 Å². The third-order valence-corrected chi connectivity index (χ3v) is 3.68. The molecular weight excluding hydrogens is 345 g/mol. The van der Waals surface area contributed by atoms with Crippen LogP contribution in [0.25, 0.3) is 0 Å². The fraction of sp³-hybridized carbons (Fsp3) is 0.611. The van der Waals surface area contributed by atoms with Gasteiger partial charge in [-0.2, -0.15) is 13.2 Å². The fourth-order valence-electron chi connectivity index (χ4n) is 2.53. The van der Waals surface area contributed by atoms with E-state index in [1.54, 1.807) is 7.05 Å². The predicted molar refractivity (Wildman–Crippen MR) is 98.6 cm³/mol. The Bertz CT molecular complexity index is 546. The lowest BCUT2D eigenvalue weighted by atomic mass is 10.2. The molecule has 0 saturated carbocycles. The summed E-state index contributed by atoms with van der Waals surface area (Å²) in [6.45, 7) is 3.28. The van der Waals surface area contributed by atoms with Gasteiger partial charge >= 0.3 is 6.18 Å². The van der Waals surface area contributed by atoms with E-state index in [-0.39, 0.29) is 0 Å². The maximum Gasteiger partial charge on any atom is 0.401 e. The van der Waals surface area contributed by atoms with Crippen LogP contribution in [0.15, 0.2) is 29.3 Å². The van der Waals surface area contributed by atoms with Gasteiger partial charge in [0.25, 0.3) is 0 Å². The molecule has 0 unspecified atom stereocenters. The van der Waals surface area contributed by atoms with Gasteiger partial charge in [-0.25, -0.2) is 0 Å². The smallest absolute Gasteiger partial charge is 0.401 e. The average molecular weight is 374 g/mol. The van der Waals surface area contributed by atoms with Gasteiger partial charge in [0, 0.05) is 27.2 Å². The molecule has 8 heteroatoms. The molecule has 0 aliphatic heterocycles. The summed E-state index contributed by atoms with van der Waals surface area (Å²) in [5, 5.41) is 3.18. The molecule has 0 saturated heterocycles. The number of guanidine groups is 1. The van der Waals surface area contributed by atoms with Crippen LogP contribution in [0.3, 0.4) is 0 Å². The normalized spacial score (nSPS) is 12.4. The molecule has 0 aromatic heterocycles. The van der Waals surface area contributed by atoms with Gasteiger partial charge in [0.1, 0.15) is 5.75 Å². The molecule has 1 aromatic rings. The van der Waals surface area contributed by atoms with Gasteiger partial charge in [0.05, 0.1) is 13.2 Å². The molecule has 0 radical (unpaired) electrons. The Balaban J connectivity index is 2.38. The third-order valence-electron chi connectivity index (χ3n) is 3.68. The van der Waals surface area contributed by atoms with Crippen LogP contribution in [-0.2, 0) is 6.54 Å². The standard InChI is InChI=1S/C18H29F3N4O/c1-5-26-16-9-7-15(8-10-16)13-25(4)17(22-2)23-11-6-12-24(3)14-18(19,20)21/h7-10H,5-6,11-14H2,1-4H3,(H,22,23). The molecule has 0 spiro atoms. The molecule has 5 nitrogen and oxygen atoms in total. The first kappa shape index (κ1) is 22.1. The van der Waals surface area contributed by atoms with E-state index in [1.165, 1.54) is 11.9 Å². The van der Waals surface area contributed by atoms with Crippen molar-refractivity contribution < 1.29 is 17.9 Å². The molecule has 26 heavy (non-hydrogen) atoms. The summed E-state index contributed by atoms with van der Waals surface area (Å²) in [6.07, 6.45) is -3.56. The summed E-state index contributed by atoms with van der Waals surface area (Å²) in [5.74, 6) is 1.54. The number of halogens is 3. The lowest BCUT2D eigenvalue weighted by molar-refractivity contribution is -0.143. The first-order valence-corrected chi connectivity index (χ1v) is 8.64. The van der Waals surface area contributed by atoms with E-state index in [1.807, 2.05) is 43.1 Å². The van der Waals surface area contributed by atoms with E-state index in [0.29, 0.717) is 38.6 Å². The fourth-order valence-corrected chi connectivity index (χ4v) is 2.53. The van der Waals surface area contributed by atoms with Crippen molar-refractivity contribution in [2.45, 2.75) is 26.1 Å². The Hall–Kier alpha value is -1.96. The second kappa shape index (κ2) is 10.9. The Morgan fingerprint density at radius 1 is 1.19 bits per heavy atom. The molecule has 1 N–H and O–H groups in total. The van der Waals surface area contributed by atoms with E-state index in [0.717, 1.165) is 11.3 Å². The molecule has 1 rings (SSSR count). The zero-order valence-corrected chi connectivity index (χ0v) is 15.9. The van der Waals surface area contributed by atoms with Crippen molar-refractivity contribution in [3.8, 4) is 5.75 Å². The second-order valence-corrected chi connectivity index (χ2v) is 6.11. The van der Waals surface area contributed by atoms with E-state index < -0.39 is 12.7 Å². The van der Waals surface area contributed by atoms with Gasteiger partial charge in [-0.05, 0) is 44.6 Å². The first-order chi connectivity index (χ1) is 12.2. The maximum atomic E-state index is 12.3. The van der Waals surface area contributed by atoms with Crippen molar-refractivity contribution in [3.05, 3.63) is 29.8 Å². The third kappa shape index (κ3) is 8.94. The highest BCUT2D eigenvalue weighted by molar-refractivity contribution is 5.79. The van der Waals surface area contributed by atoms with Crippen molar-refractivity contribution in [1.82, 2.24) is 15.1 Å². The molecule has 148 valence electrons. The first-order valence-electron chi connectivity index (χ1n) is 8.64. The molecular formula is C18H29F3N4O. The van der Waals surface area contributed by atoms with Crippen LogP contribution in [0, 0.1) is 0 Å². The van der Waals surface area contributed by atoms with Crippen LogP contribution in [-0.4, -0.2) is 69.3 Å². The van der Waals surface area contributed by atoms with Crippen LogP contribution in [0.1, 0.15) is 18.9 Å². The largest absolute Gasteiger partial charge is 0.494 e. The number of ether oxygens (including phenoxy) is 1. The van der Waals surface area contributed by atoms with Gasteiger partial charge in [-0.3, -0.25) is 9.89 Å². The molecule has 0 bridgehead atoms. The molecule has 0 atom stereocenters. The minimum atomic E-state index is -4.16. The zero-order chi connectivity index (χ0) is 19.6.